The third-order valence-electron chi connectivity index (χ3n) is 4.01. The van der Waals surface area contributed by atoms with E-state index in [9.17, 15) is 0 Å². The van der Waals surface area contributed by atoms with E-state index in [1.807, 2.05) is 0 Å². The number of hydrogen-bond acceptors (Lipinski definition) is 2. The highest BCUT2D eigenvalue weighted by Crippen LogP contribution is 2.46. The Morgan fingerprint density at radius 2 is 2.06 bits per heavy atom. The first-order chi connectivity index (χ1) is 7.80. The first kappa shape index (κ1) is 10.7. The molecule has 2 atom stereocenters. The monoisotopic (exact) mass is 234 g/mol. The van der Waals surface area contributed by atoms with Gasteiger partial charge < -0.3 is 4.74 Å². The minimum Gasteiger partial charge on any atom is -0.366 e. The number of thiol groups is 1. The molecule has 1 aliphatic carbocycles. The van der Waals surface area contributed by atoms with Gasteiger partial charge in [-0.05, 0) is 43.2 Å². The van der Waals surface area contributed by atoms with Gasteiger partial charge >= 0.3 is 0 Å². The van der Waals surface area contributed by atoms with E-state index in [0.29, 0.717) is 5.25 Å². The molecule has 0 saturated heterocycles. The van der Waals surface area contributed by atoms with Crippen LogP contribution in [0.5, 0.6) is 0 Å². The molecule has 1 heterocycles. The molecule has 1 fully saturated rings. The van der Waals surface area contributed by atoms with Crippen LogP contribution in [0.2, 0.25) is 0 Å². The van der Waals surface area contributed by atoms with Gasteiger partial charge in [0.05, 0.1) is 12.2 Å². The maximum absolute atomic E-state index is 6.15. The van der Waals surface area contributed by atoms with Crippen LogP contribution in [0.15, 0.2) is 24.3 Å². The zero-order valence-electron chi connectivity index (χ0n) is 9.48. The van der Waals surface area contributed by atoms with Crippen LogP contribution in [0.1, 0.15) is 43.2 Å². The van der Waals surface area contributed by atoms with E-state index in [1.54, 1.807) is 0 Å². The van der Waals surface area contributed by atoms with Crippen LogP contribution < -0.4 is 0 Å². The summed E-state index contributed by atoms with van der Waals surface area (Å²) in [5, 5.41) is 0.565. The smallest absolute Gasteiger partial charge is 0.0939 e. The largest absolute Gasteiger partial charge is 0.366 e. The molecule has 2 aliphatic rings. The van der Waals surface area contributed by atoms with Crippen LogP contribution in [-0.2, 0) is 16.9 Å². The average molecular weight is 234 g/mol. The Bertz CT molecular complexity index is 390. The predicted molar refractivity (Wildman–Crippen MR) is 68.8 cm³/mol. The zero-order chi connectivity index (χ0) is 11.0. The second-order valence-electron chi connectivity index (χ2n) is 5.02. The molecule has 1 aromatic carbocycles. The Morgan fingerprint density at radius 1 is 1.19 bits per heavy atom. The van der Waals surface area contributed by atoms with Gasteiger partial charge in [0.1, 0.15) is 0 Å². The fourth-order valence-electron chi connectivity index (χ4n) is 3.09. The van der Waals surface area contributed by atoms with E-state index >= 15 is 0 Å². The Kier molecular flexibility index (Phi) is 2.72. The van der Waals surface area contributed by atoms with Crippen LogP contribution in [0.3, 0.4) is 0 Å². The second kappa shape index (κ2) is 4.08. The van der Waals surface area contributed by atoms with Gasteiger partial charge in [0.25, 0.3) is 0 Å². The van der Waals surface area contributed by atoms with Crippen molar-refractivity contribution in [3.63, 3.8) is 0 Å². The number of hydrogen-bond donors (Lipinski definition) is 1. The molecular formula is C14H18OS. The van der Waals surface area contributed by atoms with Crippen molar-refractivity contribution < 1.29 is 4.74 Å². The minimum atomic E-state index is 0.0219. The average Bonchev–Trinajstić information content (AvgIpc) is 2.55. The lowest BCUT2D eigenvalue weighted by atomic mass is 9.86. The molecule has 0 bridgehead atoms. The van der Waals surface area contributed by atoms with Gasteiger partial charge in [-0.3, -0.25) is 0 Å². The Hall–Kier alpha value is -0.470. The van der Waals surface area contributed by atoms with E-state index < -0.39 is 0 Å². The molecule has 0 N–H and O–H groups in total. The third kappa shape index (κ3) is 1.68. The lowest BCUT2D eigenvalue weighted by Crippen LogP contribution is -2.24. The Balaban J connectivity index is 1.94. The molecule has 2 heteroatoms. The minimum absolute atomic E-state index is 0.0219. The van der Waals surface area contributed by atoms with Gasteiger partial charge in [-0.15, -0.1) is 0 Å². The predicted octanol–water partition coefficient (Wildman–Crippen LogP) is 3.67. The number of benzene rings is 1. The number of rotatable bonds is 0. The lowest BCUT2D eigenvalue weighted by Gasteiger charge is -2.28. The van der Waals surface area contributed by atoms with Crippen molar-refractivity contribution in [2.24, 2.45) is 0 Å². The van der Waals surface area contributed by atoms with Gasteiger partial charge in [-0.2, -0.15) is 12.6 Å². The van der Waals surface area contributed by atoms with Crippen molar-refractivity contribution in [2.45, 2.75) is 49.6 Å². The summed E-state index contributed by atoms with van der Waals surface area (Å²) < 4.78 is 6.15. The zero-order valence-corrected chi connectivity index (χ0v) is 10.4. The third-order valence-corrected chi connectivity index (χ3v) is 4.53. The molecule has 86 valence electrons. The van der Waals surface area contributed by atoms with Crippen LogP contribution in [0.4, 0.5) is 0 Å². The van der Waals surface area contributed by atoms with Gasteiger partial charge in [-0.1, -0.05) is 24.3 Å². The van der Waals surface area contributed by atoms with Crippen LogP contribution in [0.25, 0.3) is 0 Å². The standard InChI is InChI=1S/C14H18OS/c16-12-5-3-8-14(9-7-12)13-6-2-1-4-11(13)10-15-14/h1-2,4,6,12,16H,3,5,7-10H2. The highest BCUT2D eigenvalue weighted by Gasteiger charge is 2.40. The molecule has 1 nitrogen and oxygen atoms in total. The van der Waals surface area contributed by atoms with E-state index in [-0.39, 0.29) is 5.60 Å². The molecule has 0 aromatic heterocycles. The number of ether oxygens (including phenoxy) is 1. The summed E-state index contributed by atoms with van der Waals surface area (Å²) in [5.74, 6) is 0. The fourth-order valence-corrected chi connectivity index (χ4v) is 3.40. The Morgan fingerprint density at radius 3 is 3.00 bits per heavy atom. The van der Waals surface area contributed by atoms with Gasteiger partial charge in [-0.25, -0.2) is 0 Å². The van der Waals surface area contributed by atoms with Gasteiger partial charge in [0, 0.05) is 5.25 Å². The van der Waals surface area contributed by atoms with E-state index in [1.165, 1.54) is 36.8 Å². The maximum Gasteiger partial charge on any atom is 0.0939 e. The van der Waals surface area contributed by atoms with Crippen molar-refractivity contribution in [2.75, 3.05) is 0 Å². The molecule has 1 aromatic rings. The first-order valence-corrected chi connectivity index (χ1v) is 6.72. The van der Waals surface area contributed by atoms with Crippen molar-refractivity contribution in [3.05, 3.63) is 35.4 Å². The quantitative estimate of drug-likeness (QED) is 0.674. The van der Waals surface area contributed by atoms with Crippen molar-refractivity contribution in [1.29, 1.82) is 0 Å². The molecule has 0 amide bonds. The topological polar surface area (TPSA) is 9.23 Å². The normalized spacial score (nSPS) is 33.7. The second-order valence-corrected chi connectivity index (χ2v) is 5.76. The fraction of sp³-hybridized carbons (Fsp3) is 0.571. The highest BCUT2D eigenvalue weighted by atomic mass is 32.1. The molecule has 1 saturated carbocycles. The summed E-state index contributed by atoms with van der Waals surface area (Å²) in [6, 6.07) is 8.70. The maximum atomic E-state index is 6.15. The molecule has 3 rings (SSSR count). The van der Waals surface area contributed by atoms with Crippen LogP contribution >= 0.6 is 12.6 Å². The molecular weight excluding hydrogens is 216 g/mol. The molecule has 2 unspecified atom stereocenters. The summed E-state index contributed by atoms with van der Waals surface area (Å²) in [5.41, 5.74) is 2.85. The van der Waals surface area contributed by atoms with E-state index in [4.69, 9.17) is 4.74 Å². The van der Waals surface area contributed by atoms with Gasteiger partial charge in [0.2, 0.25) is 0 Å². The molecule has 0 radical (unpaired) electrons. The number of fused-ring (bicyclic) bond motifs is 2. The van der Waals surface area contributed by atoms with Crippen LogP contribution in [-0.4, -0.2) is 5.25 Å². The molecule has 1 aliphatic heterocycles. The van der Waals surface area contributed by atoms with Crippen molar-refractivity contribution >= 4 is 12.6 Å². The summed E-state index contributed by atoms with van der Waals surface area (Å²) >= 11 is 4.62. The Labute approximate surface area is 103 Å². The summed E-state index contributed by atoms with van der Waals surface area (Å²) in [4.78, 5) is 0. The summed E-state index contributed by atoms with van der Waals surface area (Å²) in [6.45, 7) is 0.799. The van der Waals surface area contributed by atoms with Gasteiger partial charge in [0.15, 0.2) is 0 Å². The molecule has 1 spiro atoms. The molecule has 16 heavy (non-hydrogen) atoms. The lowest BCUT2D eigenvalue weighted by molar-refractivity contribution is -0.0492. The SMILES string of the molecule is SC1CCCC2(CC1)OCc1ccccc12. The van der Waals surface area contributed by atoms with Crippen molar-refractivity contribution in [3.8, 4) is 0 Å². The van der Waals surface area contributed by atoms with E-state index in [0.717, 1.165) is 13.0 Å². The van der Waals surface area contributed by atoms with Crippen molar-refractivity contribution in [1.82, 2.24) is 0 Å². The van der Waals surface area contributed by atoms with Crippen LogP contribution in [0, 0.1) is 0 Å². The highest BCUT2D eigenvalue weighted by molar-refractivity contribution is 7.80. The summed E-state index contributed by atoms with van der Waals surface area (Å²) in [7, 11) is 0. The summed E-state index contributed by atoms with van der Waals surface area (Å²) in [6.07, 6.45) is 5.95. The van der Waals surface area contributed by atoms with E-state index in [2.05, 4.69) is 36.9 Å². The first-order valence-electron chi connectivity index (χ1n) is 6.21.